The van der Waals surface area contributed by atoms with Crippen LogP contribution in [0.2, 0.25) is 0 Å². The van der Waals surface area contributed by atoms with Crippen LogP contribution in [-0.4, -0.2) is 44.3 Å². The fraction of sp³-hybridized carbons (Fsp3) is 1.00. The fourth-order valence-electron chi connectivity index (χ4n) is 3.06. The first-order valence-corrected chi connectivity index (χ1v) is 9.19. The SMILES string of the molecule is CC(C)[C@H]1CN(S(=O)(=O)CC2CCCCC2)CCO1. The highest BCUT2D eigenvalue weighted by Gasteiger charge is 2.32. The molecule has 2 fully saturated rings. The molecule has 1 atom stereocenters. The summed E-state index contributed by atoms with van der Waals surface area (Å²) < 4.78 is 32.3. The van der Waals surface area contributed by atoms with Crippen LogP contribution in [0, 0.1) is 11.8 Å². The van der Waals surface area contributed by atoms with Crippen molar-refractivity contribution in [3.63, 3.8) is 0 Å². The largest absolute Gasteiger partial charge is 0.375 e. The average molecular weight is 289 g/mol. The van der Waals surface area contributed by atoms with Crippen LogP contribution < -0.4 is 0 Å². The molecule has 19 heavy (non-hydrogen) atoms. The van der Waals surface area contributed by atoms with E-state index in [9.17, 15) is 8.42 Å². The minimum Gasteiger partial charge on any atom is -0.375 e. The second-order valence-electron chi connectivity index (χ2n) is 6.29. The quantitative estimate of drug-likeness (QED) is 0.797. The van der Waals surface area contributed by atoms with Crippen LogP contribution in [0.1, 0.15) is 46.0 Å². The molecule has 2 rings (SSSR count). The molecule has 1 aliphatic heterocycles. The number of hydrogen-bond acceptors (Lipinski definition) is 3. The maximum atomic E-state index is 12.5. The van der Waals surface area contributed by atoms with E-state index in [4.69, 9.17) is 4.74 Å². The summed E-state index contributed by atoms with van der Waals surface area (Å²) in [6.45, 7) is 5.77. The van der Waals surface area contributed by atoms with Gasteiger partial charge in [0.05, 0.1) is 18.5 Å². The van der Waals surface area contributed by atoms with Gasteiger partial charge in [-0.15, -0.1) is 0 Å². The second-order valence-corrected chi connectivity index (χ2v) is 8.31. The summed E-state index contributed by atoms with van der Waals surface area (Å²) in [5.41, 5.74) is 0. The zero-order valence-corrected chi connectivity index (χ0v) is 13.0. The van der Waals surface area contributed by atoms with E-state index in [1.165, 1.54) is 19.3 Å². The van der Waals surface area contributed by atoms with Crippen molar-refractivity contribution in [3.8, 4) is 0 Å². The summed E-state index contributed by atoms with van der Waals surface area (Å²) in [6.07, 6.45) is 5.86. The molecule has 0 aromatic rings. The molecule has 1 heterocycles. The van der Waals surface area contributed by atoms with E-state index in [1.807, 2.05) is 0 Å². The molecular weight excluding hydrogens is 262 g/mol. The molecule has 0 aromatic carbocycles. The summed E-state index contributed by atoms with van der Waals surface area (Å²) >= 11 is 0. The van der Waals surface area contributed by atoms with Crippen LogP contribution in [0.4, 0.5) is 0 Å². The fourth-order valence-corrected chi connectivity index (χ4v) is 4.93. The standard InChI is InChI=1S/C14H27NO3S/c1-12(2)14-10-15(8-9-18-14)19(16,17)11-13-6-4-3-5-7-13/h12-14H,3-11H2,1-2H3/t14-/m1/s1. The number of ether oxygens (including phenoxy) is 1. The summed E-state index contributed by atoms with van der Waals surface area (Å²) in [4.78, 5) is 0. The van der Waals surface area contributed by atoms with Gasteiger partial charge in [-0.3, -0.25) is 0 Å². The number of sulfonamides is 1. The molecule has 0 spiro atoms. The van der Waals surface area contributed by atoms with Crippen molar-refractivity contribution in [1.82, 2.24) is 4.31 Å². The van der Waals surface area contributed by atoms with Gasteiger partial charge in [-0.25, -0.2) is 8.42 Å². The van der Waals surface area contributed by atoms with Gasteiger partial charge in [-0.2, -0.15) is 4.31 Å². The van der Waals surface area contributed by atoms with E-state index >= 15 is 0 Å². The van der Waals surface area contributed by atoms with Crippen molar-refractivity contribution in [1.29, 1.82) is 0 Å². The monoisotopic (exact) mass is 289 g/mol. The molecule has 4 nitrogen and oxygen atoms in total. The summed E-state index contributed by atoms with van der Waals surface area (Å²) in [6, 6.07) is 0. The third kappa shape index (κ3) is 4.17. The molecule has 0 amide bonds. The summed E-state index contributed by atoms with van der Waals surface area (Å²) in [5, 5.41) is 0. The lowest BCUT2D eigenvalue weighted by Gasteiger charge is -2.35. The Hall–Kier alpha value is -0.130. The first-order chi connectivity index (χ1) is 8.99. The molecule has 1 saturated carbocycles. The van der Waals surface area contributed by atoms with Crippen molar-refractivity contribution >= 4 is 10.0 Å². The third-order valence-electron chi connectivity index (χ3n) is 4.36. The highest BCUT2D eigenvalue weighted by Crippen LogP contribution is 2.26. The molecule has 112 valence electrons. The van der Waals surface area contributed by atoms with E-state index in [1.54, 1.807) is 4.31 Å². The number of nitrogens with zero attached hydrogens (tertiary/aromatic N) is 1. The van der Waals surface area contributed by atoms with E-state index in [0.29, 0.717) is 37.3 Å². The highest BCUT2D eigenvalue weighted by atomic mass is 32.2. The van der Waals surface area contributed by atoms with Crippen LogP contribution in [0.15, 0.2) is 0 Å². The smallest absolute Gasteiger partial charge is 0.214 e. The van der Waals surface area contributed by atoms with Crippen LogP contribution in [0.25, 0.3) is 0 Å². The van der Waals surface area contributed by atoms with Crippen molar-refractivity contribution in [2.45, 2.75) is 52.1 Å². The minimum atomic E-state index is -3.10. The van der Waals surface area contributed by atoms with Crippen molar-refractivity contribution in [3.05, 3.63) is 0 Å². The predicted molar refractivity (Wildman–Crippen MR) is 76.5 cm³/mol. The molecule has 2 aliphatic rings. The Kier molecular flexibility index (Phi) is 5.26. The van der Waals surface area contributed by atoms with Gasteiger partial charge in [0.25, 0.3) is 0 Å². The lowest BCUT2D eigenvalue weighted by molar-refractivity contribution is -0.0264. The highest BCUT2D eigenvalue weighted by molar-refractivity contribution is 7.89. The molecular formula is C14H27NO3S. The van der Waals surface area contributed by atoms with E-state index in [0.717, 1.165) is 12.8 Å². The molecule has 1 saturated heterocycles. The molecule has 0 bridgehead atoms. The molecule has 0 aromatic heterocycles. The topological polar surface area (TPSA) is 46.6 Å². The van der Waals surface area contributed by atoms with E-state index in [-0.39, 0.29) is 6.10 Å². The lowest BCUT2D eigenvalue weighted by Crippen LogP contribution is -2.48. The average Bonchev–Trinajstić information content (AvgIpc) is 2.39. The molecule has 1 aliphatic carbocycles. The Morgan fingerprint density at radius 1 is 1.21 bits per heavy atom. The third-order valence-corrected chi connectivity index (χ3v) is 6.38. The maximum absolute atomic E-state index is 12.5. The second kappa shape index (κ2) is 6.55. The summed E-state index contributed by atoms with van der Waals surface area (Å²) in [5.74, 6) is 1.09. The first kappa shape index (κ1) is 15.3. The van der Waals surface area contributed by atoms with E-state index in [2.05, 4.69) is 13.8 Å². The zero-order chi connectivity index (χ0) is 13.9. The minimum absolute atomic E-state index is 0.0508. The zero-order valence-electron chi connectivity index (χ0n) is 12.2. The molecule has 0 N–H and O–H groups in total. The van der Waals surface area contributed by atoms with Gasteiger partial charge in [0.2, 0.25) is 10.0 Å². The molecule has 0 unspecified atom stereocenters. The van der Waals surface area contributed by atoms with Crippen LogP contribution in [-0.2, 0) is 14.8 Å². The van der Waals surface area contributed by atoms with Gasteiger partial charge in [-0.1, -0.05) is 33.1 Å². The Balaban J connectivity index is 1.94. The number of hydrogen-bond donors (Lipinski definition) is 0. The maximum Gasteiger partial charge on any atom is 0.214 e. The Morgan fingerprint density at radius 3 is 2.53 bits per heavy atom. The Labute approximate surface area is 117 Å². The molecule has 5 heteroatoms. The number of rotatable bonds is 4. The normalized spacial score (nSPS) is 27.8. The lowest BCUT2D eigenvalue weighted by atomic mass is 9.91. The number of morpholine rings is 1. The van der Waals surface area contributed by atoms with Gasteiger partial charge >= 0.3 is 0 Å². The van der Waals surface area contributed by atoms with Crippen molar-refractivity contribution in [2.24, 2.45) is 11.8 Å². The Bertz CT molecular complexity index is 374. The predicted octanol–water partition coefficient (Wildman–Crippen LogP) is 2.25. The van der Waals surface area contributed by atoms with E-state index < -0.39 is 10.0 Å². The first-order valence-electron chi connectivity index (χ1n) is 7.58. The van der Waals surface area contributed by atoms with Gasteiger partial charge in [0.1, 0.15) is 0 Å². The van der Waals surface area contributed by atoms with Crippen LogP contribution in [0.3, 0.4) is 0 Å². The van der Waals surface area contributed by atoms with Crippen molar-refractivity contribution < 1.29 is 13.2 Å². The van der Waals surface area contributed by atoms with Crippen LogP contribution >= 0.6 is 0 Å². The van der Waals surface area contributed by atoms with Gasteiger partial charge in [0.15, 0.2) is 0 Å². The van der Waals surface area contributed by atoms with Gasteiger partial charge in [-0.05, 0) is 24.7 Å². The van der Waals surface area contributed by atoms with Gasteiger partial charge < -0.3 is 4.74 Å². The summed E-state index contributed by atoms with van der Waals surface area (Å²) in [7, 11) is -3.10. The Morgan fingerprint density at radius 2 is 1.89 bits per heavy atom. The molecule has 0 radical (unpaired) electrons. The van der Waals surface area contributed by atoms with Crippen LogP contribution in [0.5, 0.6) is 0 Å². The van der Waals surface area contributed by atoms with Crippen molar-refractivity contribution in [2.75, 3.05) is 25.4 Å². The van der Waals surface area contributed by atoms with Gasteiger partial charge in [0, 0.05) is 13.1 Å².